The number of carbonyl (C=O) groups is 3. The summed E-state index contributed by atoms with van der Waals surface area (Å²) in [6, 6.07) is 2.73. The van der Waals surface area contributed by atoms with Crippen LogP contribution in [0.5, 0.6) is 0 Å². The summed E-state index contributed by atoms with van der Waals surface area (Å²) in [6.45, 7) is 7.46. The Hall–Kier alpha value is -2.42. The van der Waals surface area contributed by atoms with Gasteiger partial charge in [0.25, 0.3) is 5.91 Å². The fourth-order valence-electron chi connectivity index (χ4n) is 1.99. The standard InChI is InChI=1S/C16H23N3O5S/c1-6-9(2)25(23,24)19-16(22)13-7-14(17-11(4)20)10(3)15(8-13)18-12(5)21/h7-9H,6H2,1-5H3,(H,17,20)(H,18,21)(H,19,22). The van der Waals surface area contributed by atoms with Gasteiger partial charge in [0.2, 0.25) is 21.8 Å². The Balaban J connectivity index is 3.31. The van der Waals surface area contributed by atoms with E-state index in [1.54, 1.807) is 13.8 Å². The molecule has 3 N–H and O–H groups in total. The summed E-state index contributed by atoms with van der Waals surface area (Å²) >= 11 is 0. The molecule has 1 atom stereocenters. The molecule has 0 saturated heterocycles. The van der Waals surface area contributed by atoms with Gasteiger partial charge in [-0.2, -0.15) is 0 Å². The van der Waals surface area contributed by atoms with E-state index in [1.807, 2.05) is 4.72 Å². The molecule has 1 aromatic carbocycles. The van der Waals surface area contributed by atoms with Crippen LogP contribution >= 0.6 is 0 Å². The van der Waals surface area contributed by atoms with Crippen LogP contribution in [0.15, 0.2) is 12.1 Å². The number of sulfonamides is 1. The predicted molar refractivity (Wildman–Crippen MR) is 95.9 cm³/mol. The molecule has 9 heteroatoms. The number of hydrogen-bond acceptors (Lipinski definition) is 5. The third-order valence-electron chi connectivity index (χ3n) is 3.63. The molecule has 25 heavy (non-hydrogen) atoms. The monoisotopic (exact) mass is 369 g/mol. The normalized spacial score (nSPS) is 12.2. The summed E-state index contributed by atoms with van der Waals surface area (Å²) in [5.74, 6) is -1.55. The molecule has 0 aliphatic carbocycles. The second-order valence-electron chi connectivity index (χ2n) is 5.75. The smallest absolute Gasteiger partial charge is 0.264 e. The highest BCUT2D eigenvalue weighted by Gasteiger charge is 2.23. The number of carbonyl (C=O) groups excluding carboxylic acids is 3. The molecule has 0 aromatic heterocycles. The molecule has 138 valence electrons. The maximum atomic E-state index is 12.4. The molecular weight excluding hydrogens is 346 g/mol. The average molecular weight is 369 g/mol. The molecule has 3 amide bonds. The van der Waals surface area contributed by atoms with Crippen molar-refractivity contribution in [3.8, 4) is 0 Å². The summed E-state index contributed by atoms with van der Waals surface area (Å²) in [5.41, 5.74) is 1.17. The van der Waals surface area contributed by atoms with Crippen molar-refractivity contribution in [2.24, 2.45) is 0 Å². The lowest BCUT2D eigenvalue weighted by Gasteiger charge is -2.16. The Morgan fingerprint density at radius 2 is 1.48 bits per heavy atom. The highest BCUT2D eigenvalue weighted by atomic mass is 32.2. The molecular formula is C16H23N3O5S. The SMILES string of the molecule is CCC(C)S(=O)(=O)NC(=O)c1cc(NC(C)=O)c(C)c(NC(C)=O)c1. The second kappa shape index (κ2) is 8.11. The summed E-state index contributed by atoms with van der Waals surface area (Å²) in [7, 11) is -3.81. The minimum Gasteiger partial charge on any atom is -0.326 e. The van der Waals surface area contributed by atoms with Crippen molar-refractivity contribution in [2.75, 3.05) is 10.6 Å². The molecule has 1 aromatic rings. The van der Waals surface area contributed by atoms with E-state index in [4.69, 9.17) is 0 Å². The van der Waals surface area contributed by atoms with Gasteiger partial charge in [0.1, 0.15) is 0 Å². The fraction of sp³-hybridized carbons (Fsp3) is 0.438. The molecule has 8 nitrogen and oxygen atoms in total. The molecule has 1 unspecified atom stereocenters. The highest BCUT2D eigenvalue weighted by Crippen LogP contribution is 2.26. The van der Waals surface area contributed by atoms with Crippen molar-refractivity contribution >= 4 is 39.1 Å². The molecule has 0 spiro atoms. The van der Waals surface area contributed by atoms with Gasteiger partial charge >= 0.3 is 0 Å². The van der Waals surface area contributed by atoms with Crippen molar-refractivity contribution < 1.29 is 22.8 Å². The van der Waals surface area contributed by atoms with Gasteiger partial charge in [-0.15, -0.1) is 0 Å². The summed E-state index contributed by atoms with van der Waals surface area (Å²) in [6.07, 6.45) is 0.352. The van der Waals surface area contributed by atoms with Crippen LogP contribution in [0.25, 0.3) is 0 Å². The van der Waals surface area contributed by atoms with Crippen LogP contribution in [0.3, 0.4) is 0 Å². The average Bonchev–Trinajstić information content (AvgIpc) is 2.48. The zero-order chi connectivity index (χ0) is 19.4. The Labute approximate surface area is 147 Å². The summed E-state index contributed by atoms with van der Waals surface area (Å²) < 4.78 is 26.1. The van der Waals surface area contributed by atoms with Crippen LogP contribution in [-0.4, -0.2) is 31.4 Å². The number of hydrogen-bond donors (Lipinski definition) is 3. The Morgan fingerprint density at radius 3 is 1.84 bits per heavy atom. The largest absolute Gasteiger partial charge is 0.326 e. The van der Waals surface area contributed by atoms with Gasteiger partial charge in [-0.3, -0.25) is 14.4 Å². The fourth-order valence-corrected chi connectivity index (χ4v) is 3.01. The van der Waals surface area contributed by atoms with Gasteiger partial charge in [0.15, 0.2) is 0 Å². The van der Waals surface area contributed by atoms with E-state index in [0.29, 0.717) is 23.4 Å². The van der Waals surface area contributed by atoms with E-state index in [0.717, 1.165) is 0 Å². The van der Waals surface area contributed by atoms with Gasteiger partial charge in [-0.25, -0.2) is 13.1 Å². The third-order valence-corrected chi connectivity index (χ3v) is 5.49. The van der Waals surface area contributed by atoms with E-state index in [-0.39, 0.29) is 17.4 Å². The first-order valence-electron chi connectivity index (χ1n) is 7.73. The Kier molecular flexibility index (Phi) is 6.69. The molecule has 0 radical (unpaired) electrons. The molecule has 0 aliphatic rings. The molecule has 0 heterocycles. The quantitative estimate of drug-likeness (QED) is 0.705. The number of nitrogens with one attached hydrogen (secondary N) is 3. The molecule has 1 rings (SSSR count). The van der Waals surface area contributed by atoms with Crippen molar-refractivity contribution in [3.05, 3.63) is 23.3 Å². The van der Waals surface area contributed by atoms with E-state index < -0.39 is 21.2 Å². The number of benzene rings is 1. The second-order valence-corrected chi connectivity index (χ2v) is 7.85. The molecule has 0 bridgehead atoms. The predicted octanol–water partition coefficient (Wildman–Crippen LogP) is 1.77. The lowest BCUT2D eigenvalue weighted by molar-refractivity contribution is -0.115. The summed E-state index contributed by atoms with van der Waals surface area (Å²) in [4.78, 5) is 35.0. The third kappa shape index (κ3) is 5.56. The molecule has 0 saturated carbocycles. The van der Waals surface area contributed by atoms with Crippen LogP contribution in [0.2, 0.25) is 0 Å². The van der Waals surface area contributed by atoms with Gasteiger partial charge in [-0.1, -0.05) is 6.92 Å². The topological polar surface area (TPSA) is 121 Å². The van der Waals surface area contributed by atoms with Gasteiger partial charge in [-0.05, 0) is 38.0 Å². The number of anilines is 2. The first-order valence-corrected chi connectivity index (χ1v) is 9.28. The van der Waals surface area contributed by atoms with Gasteiger partial charge in [0, 0.05) is 30.8 Å². The summed E-state index contributed by atoms with van der Waals surface area (Å²) in [5, 5.41) is 4.39. The van der Waals surface area contributed by atoms with E-state index in [9.17, 15) is 22.8 Å². The zero-order valence-electron chi connectivity index (χ0n) is 14.9. The van der Waals surface area contributed by atoms with Crippen LogP contribution in [0.1, 0.15) is 50.0 Å². The van der Waals surface area contributed by atoms with Crippen molar-refractivity contribution in [1.29, 1.82) is 0 Å². The van der Waals surface area contributed by atoms with E-state index in [1.165, 1.54) is 32.9 Å². The first kappa shape index (κ1) is 20.6. The Morgan fingerprint density at radius 1 is 1.04 bits per heavy atom. The highest BCUT2D eigenvalue weighted by molar-refractivity contribution is 7.90. The van der Waals surface area contributed by atoms with Gasteiger partial charge in [0.05, 0.1) is 5.25 Å². The van der Waals surface area contributed by atoms with Crippen LogP contribution in [0, 0.1) is 6.92 Å². The van der Waals surface area contributed by atoms with Crippen molar-refractivity contribution in [3.63, 3.8) is 0 Å². The lowest BCUT2D eigenvalue weighted by atomic mass is 10.1. The maximum Gasteiger partial charge on any atom is 0.264 e. The molecule has 0 fully saturated rings. The van der Waals surface area contributed by atoms with Crippen molar-refractivity contribution in [2.45, 2.75) is 46.3 Å². The van der Waals surface area contributed by atoms with Crippen LogP contribution < -0.4 is 15.4 Å². The molecule has 0 aliphatic heterocycles. The maximum absolute atomic E-state index is 12.4. The Bertz CT molecular complexity index is 765. The first-order chi connectivity index (χ1) is 11.5. The number of rotatable bonds is 6. The van der Waals surface area contributed by atoms with E-state index >= 15 is 0 Å². The van der Waals surface area contributed by atoms with Crippen LogP contribution in [0.4, 0.5) is 11.4 Å². The van der Waals surface area contributed by atoms with Crippen LogP contribution in [-0.2, 0) is 19.6 Å². The van der Waals surface area contributed by atoms with E-state index in [2.05, 4.69) is 10.6 Å². The van der Waals surface area contributed by atoms with Crippen molar-refractivity contribution in [1.82, 2.24) is 4.72 Å². The lowest BCUT2D eigenvalue weighted by Crippen LogP contribution is -2.36. The van der Waals surface area contributed by atoms with Gasteiger partial charge < -0.3 is 10.6 Å². The minimum atomic E-state index is -3.81. The number of amides is 3. The zero-order valence-corrected chi connectivity index (χ0v) is 15.7. The minimum absolute atomic E-state index is 0.00461.